The molecule has 2 N–H and O–H groups in total. The van der Waals surface area contributed by atoms with Crippen molar-refractivity contribution in [2.45, 2.75) is 6.92 Å². The summed E-state index contributed by atoms with van der Waals surface area (Å²) >= 11 is 3.04. The third-order valence-corrected chi connectivity index (χ3v) is 3.38. The molecular formula is C12H14BrN3O5. The molecule has 0 heterocycles. The van der Waals surface area contributed by atoms with Gasteiger partial charge in [0.25, 0.3) is 5.69 Å². The van der Waals surface area contributed by atoms with E-state index < -0.39 is 22.8 Å². The number of nitrogens with zero attached hydrogens (tertiary/aromatic N) is 2. The Bertz CT molecular complexity index is 578. The third-order valence-electron chi connectivity index (χ3n) is 2.71. The second-order valence-electron chi connectivity index (χ2n) is 4.47. The van der Waals surface area contributed by atoms with E-state index in [9.17, 15) is 19.7 Å². The molecule has 1 aromatic rings. The number of carboxylic acids is 1. The molecule has 0 aromatic heterocycles. The molecule has 8 nitrogen and oxygen atoms in total. The van der Waals surface area contributed by atoms with Crippen molar-refractivity contribution in [2.75, 3.05) is 18.9 Å². The van der Waals surface area contributed by atoms with E-state index in [-0.39, 0.29) is 17.9 Å². The first kappa shape index (κ1) is 16.9. The molecule has 0 radical (unpaired) electrons. The first-order valence-corrected chi connectivity index (χ1v) is 6.70. The summed E-state index contributed by atoms with van der Waals surface area (Å²) in [4.78, 5) is 34.0. The van der Waals surface area contributed by atoms with Crippen molar-refractivity contribution in [1.82, 2.24) is 4.90 Å². The average Bonchev–Trinajstić information content (AvgIpc) is 2.40. The predicted molar refractivity (Wildman–Crippen MR) is 79.2 cm³/mol. The van der Waals surface area contributed by atoms with Crippen LogP contribution < -0.4 is 5.32 Å². The van der Waals surface area contributed by atoms with Crippen LogP contribution in [0.5, 0.6) is 0 Å². The van der Waals surface area contributed by atoms with Gasteiger partial charge in [-0.2, -0.15) is 0 Å². The molecule has 1 atom stereocenters. The highest BCUT2D eigenvalue weighted by atomic mass is 79.9. The number of nitro groups is 1. The van der Waals surface area contributed by atoms with Crippen molar-refractivity contribution in [1.29, 1.82) is 0 Å². The highest BCUT2D eigenvalue weighted by Crippen LogP contribution is 2.27. The molecule has 9 heteroatoms. The summed E-state index contributed by atoms with van der Waals surface area (Å²) in [7, 11) is 1.45. The molecule has 0 bridgehead atoms. The van der Waals surface area contributed by atoms with Crippen LogP contribution >= 0.6 is 15.9 Å². The Morgan fingerprint density at radius 1 is 1.52 bits per heavy atom. The van der Waals surface area contributed by atoms with Gasteiger partial charge >= 0.3 is 12.0 Å². The van der Waals surface area contributed by atoms with E-state index in [1.165, 1.54) is 37.1 Å². The van der Waals surface area contributed by atoms with Gasteiger partial charge in [0.15, 0.2) is 0 Å². The van der Waals surface area contributed by atoms with Crippen molar-refractivity contribution < 1.29 is 19.6 Å². The molecule has 1 aromatic carbocycles. The van der Waals surface area contributed by atoms with Crippen LogP contribution in [0.2, 0.25) is 0 Å². The molecule has 21 heavy (non-hydrogen) atoms. The number of carboxylic acid groups (broad SMARTS) is 1. The SMILES string of the molecule is CC(CN(C)C(=O)Nc1ccc(Br)c([N+](=O)[O-])c1)C(=O)O. The number of hydrogen-bond donors (Lipinski definition) is 2. The minimum absolute atomic E-state index is 0.0276. The van der Waals surface area contributed by atoms with Crippen molar-refractivity contribution >= 4 is 39.3 Å². The third kappa shape index (κ3) is 4.71. The minimum atomic E-state index is -1.01. The Balaban J connectivity index is 2.77. The van der Waals surface area contributed by atoms with Gasteiger partial charge in [-0.25, -0.2) is 4.79 Å². The summed E-state index contributed by atoms with van der Waals surface area (Å²) in [6, 6.07) is 3.63. The highest BCUT2D eigenvalue weighted by molar-refractivity contribution is 9.10. The number of rotatable bonds is 5. The van der Waals surface area contributed by atoms with E-state index in [1.807, 2.05) is 0 Å². The molecule has 0 aliphatic heterocycles. The van der Waals surface area contributed by atoms with Crippen molar-refractivity contribution in [3.63, 3.8) is 0 Å². The molecule has 114 valence electrons. The Hall–Kier alpha value is -2.16. The van der Waals surface area contributed by atoms with Gasteiger partial charge in [0, 0.05) is 25.3 Å². The lowest BCUT2D eigenvalue weighted by Crippen LogP contribution is -2.36. The molecule has 0 aliphatic rings. The number of urea groups is 1. The number of halogens is 1. The van der Waals surface area contributed by atoms with Crippen LogP contribution in [0, 0.1) is 16.0 Å². The van der Waals surface area contributed by atoms with Gasteiger partial charge in [-0.05, 0) is 28.1 Å². The lowest BCUT2D eigenvalue weighted by molar-refractivity contribution is -0.385. The lowest BCUT2D eigenvalue weighted by Gasteiger charge is -2.20. The van der Waals surface area contributed by atoms with E-state index in [0.29, 0.717) is 4.47 Å². The van der Waals surface area contributed by atoms with Gasteiger partial charge in [0.2, 0.25) is 0 Å². The first-order valence-electron chi connectivity index (χ1n) is 5.91. The van der Waals surface area contributed by atoms with Gasteiger partial charge in [0.05, 0.1) is 15.3 Å². The van der Waals surface area contributed by atoms with Crippen LogP contribution in [0.3, 0.4) is 0 Å². The Morgan fingerprint density at radius 2 is 2.14 bits per heavy atom. The average molecular weight is 360 g/mol. The Kier molecular flexibility index (Phi) is 5.65. The van der Waals surface area contributed by atoms with Crippen LogP contribution in [0.15, 0.2) is 22.7 Å². The summed E-state index contributed by atoms with van der Waals surface area (Å²) in [5.74, 6) is -1.71. The maximum Gasteiger partial charge on any atom is 0.321 e. The number of carbonyl (C=O) groups excluding carboxylic acids is 1. The number of nitro benzene ring substituents is 1. The van der Waals surface area contributed by atoms with Crippen molar-refractivity contribution in [3.05, 3.63) is 32.8 Å². The molecule has 2 amide bonds. The van der Waals surface area contributed by atoms with E-state index in [1.54, 1.807) is 0 Å². The number of carbonyl (C=O) groups is 2. The van der Waals surface area contributed by atoms with E-state index in [2.05, 4.69) is 21.2 Å². The van der Waals surface area contributed by atoms with Gasteiger partial charge in [-0.15, -0.1) is 0 Å². The molecule has 0 fully saturated rings. The molecule has 1 rings (SSSR count). The fraction of sp³-hybridized carbons (Fsp3) is 0.333. The quantitative estimate of drug-likeness (QED) is 0.619. The maximum absolute atomic E-state index is 11.9. The van der Waals surface area contributed by atoms with Gasteiger partial charge < -0.3 is 15.3 Å². The maximum atomic E-state index is 11.9. The molecule has 1 unspecified atom stereocenters. The van der Waals surface area contributed by atoms with Crippen LogP contribution in [0.25, 0.3) is 0 Å². The molecule has 0 saturated carbocycles. The van der Waals surface area contributed by atoms with Crippen LogP contribution in [0.4, 0.5) is 16.2 Å². The van der Waals surface area contributed by atoms with E-state index >= 15 is 0 Å². The molecule has 0 saturated heterocycles. The summed E-state index contributed by atoms with van der Waals surface area (Å²) in [5.41, 5.74) is 0.0825. The summed E-state index contributed by atoms with van der Waals surface area (Å²) in [6.45, 7) is 1.51. The topological polar surface area (TPSA) is 113 Å². The second kappa shape index (κ2) is 7.02. The molecule has 0 spiro atoms. The molecular weight excluding hydrogens is 346 g/mol. The number of hydrogen-bond acceptors (Lipinski definition) is 4. The summed E-state index contributed by atoms with van der Waals surface area (Å²) in [5, 5.41) is 22.1. The Morgan fingerprint density at radius 3 is 2.67 bits per heavy atom. The number of benzene rings is 1. The fourth-order valence-electron chi connectivity index (χ4n) is 1.52. The normalized spacial score (nSPS) is 11.6. The zero-order valence-electron chi connectivity index (χ0n) is 11.4. The molecule has 0 aliphatic carbocycles. The largest absolute Gasteiger partial charge is 0.481 e. The van der Waals surface area contributed by atoms with Gasteiger partial charge in [-0.3, -0.25) is 14.9 Å². The number of amides is 2. The number of aliphatic carboxylic acids is 1. The van der Waals surface area contributed by atoms with E-state index in [4.69, 9.17) is 5.11 Å². The van der Waals surface area contributed by atoms with Crippen LogP contribution in [0.1, 0.15) is 6.92 Å². The second-order valence-corrected chi connectivity index (χ2v) is 5.33. The monoisotopic (exact) mass is 359 g/mol. The zero-order valence-corrected chi connectivity index (χ0v) is 13.0. The number of anilines is 1. The van der Waals surface area contributed by atoms with Crippen LogP contribution in [-0.4, -0.2) is 40.5 Å². The highest BCUT2D eigenvalue weighted by Gasteiger charge is 2.18. The smallest absolute Gasteiger partial charge is 0.321 e. The fourth-order valence-corrected chi connectivity index (χ4v) is 1.91. The van der Waals surface area contributed by atoms with Gasteiger partial charge in [0.1, 0.15) is 0 Å². The zero-order chi connectivity index (χ0) is 16.2. The van der Waals surface area contributed by atoms with E-state index in [0.717, 1.165) is 0 Å². The summed E-state index contributed by atoms with van der Waals surface area (Å²) < 4.78 is 0.304. The van der Waals surface area contributed by atoms with Crippen molar-refractivity contribution in [2.24, 2.45) is 5.92 Å². The van der Waals surface area contributed by atoms with Crippen LogP contribution in [-0.2, 0) is 4.79 Å². The standard InChI is InChI=1S/C12H14BrN3O5/c1-7(11(17)18)6-15(2)12(19)14-8-3-4-9(13)10(5-8)16(20)21/h3-5,7H,6H2,1-2H3,(H,14,19)(H,17,18). The lowest BCUT2D eigenvalue weighted by atomic mass is 10.2. The summed E-state index contributed by atoms with van der Waals surface area (Å²) in [6.07, 6.45) is 0. The Labute approximate surface area is 129 Å². The van der Waals surface area contributed by atoms with Gasteiger partial charge in [-0.1, -0.05) is 6.92 Å². The number of nitrogens with one attached hydrogen (secondary N) is 1. The first-order chi connectivity index (χ1) is 9.72. The van der Waals surface area contributed by atoms with Crippen molar-refractivity contribution in [3.8, 4) is 0 Å². The predicted octanol–water partition coefficient (Wildman–Crippen LogP) is 2.54. The minimum Gasteiger partial charge on any atom is -0.481 e.